The molecule has 1 aromatic carbocycles. The number of aryl methyl sites for hydroxylation is 1. The molecular weight excluding hydrogens is 392 g/mol. The Morgan fingerprint density at radius 2 is 1.87 bits per heavy atom. The average Bonchev–Trinajstić information content (AvgIpc) is 3.29. The van der Waals surface area contributed by atoms with Gasteiger partial charge in [-0.25, -0.2) is 9.59 Å². The van der Waals surface area contributed by atoms with Gasteiger partial charge in [0, 0.05) is 5.69 Å². The molecule has 2 aromatic rings. The fourth-order valence-electron chi connectivity index (χ4n) is 3.22. The number of carbonyl (C=O) groups excluding carboxylic acids is 3. The van der Waals surface area contributed by atoms with Crippen molar-refractivity contribution in [3.05, 3.63) is 46.3 Å². The van der Waals surface area contributed by atoms with Crippen LogP contribution in [0.3, 0.4) is 0 Å². The number of esters is 2. The number of hydrogen-bond acceptors (Lipinski definition) is 7. The zero-order valence-electron chi connectivity index (χ0n) is 17.3. The lowest BCUT2D eigenvalue weighted by Crippen LogP contribution is -2.31. The predicted molar refractivity (Wildman–Crippen MR) is 106 cm³/mol. The van der Waals surface area contributed by atoms with E-state index in [4.69, 9.17) is 18.9 Å². The Labute approximate surface area is 173 Å². The van der Waals surface area contributed by atoms with Gasteiger partial charge in [0.1, 0.15) is 5.69 Å². The van der Waals surface area contributed by atoms with Gasteiger partial charge >= 0.3 is 11.9 Å². The SMILES string of the molecule is CCOC(=O)c1c(C)[nH]c(C(=O)OCC(=O)N[C@@H](C)c2ccc3c(c2)OCO3)c1C. The molecule has 1 aromatic heterocycles. The van der Waals surface area contributed by atoms with E-state index in [1.165, 1.54) is 0 Å². The van der Waals surface area contributed by atoms with Crippen molar-refractivity contribution in [3.8, 4) is 11.5 Å². The van der Waals surface area contributed by atoms with E-state index in [2.05, 4.69) is 10.3 Å². The Balaban J connectivity index is 1.57. The van der Waals surface area contributed by atoms with Crippen LogP contribution < -0.4 is 14.8 Å². The van der Waals surface area contributed by atoms with Crippen LogP contribution in [-0.2, 0) is 14.3 Å². The van der Waals surface area contributed by atoms with E-state index in [0.717, 1.165) is 5.56 Å². The summed E-state index contributed by atoms with van der Waals surface area (Å²) in [6.45, 7) is 6.73. The van der Waals surface area contributed by atoms with Crippen LogP contribution in [0.2, 0.25) is 0 Å². The van der Waals surface area contributed by atoms with Gasteiger partial charge in [-0.2, -0.15) is 0 Å². The van der Waals surface area contributed by atoms with Crippen molar-refractivity contribution < 1.29 is 33.3 Å². The van der Waals surface area contributed by atoms with Gasteiger partial charge in [0.05, 0.1) is 18.2 Å². The highest BCUT2D eigenvalue weighted by Crippen LogP contribution is 2.34. The second-order valence-electron chi connectivity index (χ2n) is 6.82. The molecule has 160 valence electrons. The van der Waals surface area contributed by atoms with Crippen molar-refractivity contribution in [1.82, 2.24) is 10.3 Å². The monoisotopic (exact) mass is 416 g/mol. The molecule has 0 aliphatic carbocycles. The molecule has 0 radical (unpaired) electrons. The summed E-state index contributed by atoms with van der Waals surface area (Å²) < 4.78 is 20.7. The Bertz CT molecular complexity index is 980. The van der Waals surface area contributed by atoms with Crippen LogP contribution in [0.25, 0.3) is 0 Å². The van der Waals surface area contributed by atoms with Crippen molar-refractivity contribution in [2.24, 2.45) is 0 Å². The minimum absolute atomic E-state index is 0.118. The maximum atomic E-state index is 12.4. The molecule has 2 heterocycles. The van der Waals surface area contributed by atoms with Gasteiger partial charge < -0.3 is 29.2 Å². The lowest BCUT2D eigenvalue weighted by atomic mass is 10.1. The van der Waals surface area contributed by atoms with Crippen LogP contribution in [0, 0.1) is 13.8 Å². The second-order valence-corrected chi connectivity index (χ2v) is 6.82. The van der Waals surface area contributed by atoms with Crippen molar-refractivity contribution in [1.29, 1.82) is 0 Å². The summed E-state index contributed by atoms with van der Waals surface area (Å²) in [7, 11) is 0. The normalized spacial score (nSPS) is 12.9. The number of nitrogens with one attached hydrogen (secondary N) is 2. The molecule has 2 N–H and O–H groups in total. The third-order valence-electron chi connectivity index (χ3n) is 4.73. The summed E-state index contributed by atoms with van der Waals surface area (Å²) in [6.07, 6.45) is 0. The molecule has 0 fully saturated rings. The van der Waals surface area contributed by atoms with Gasteiger partial charge in [0.15, 0.2) is 18.1 Å². The first kappa shape index (κ1) is 21.2. The summed E-state index contributed by atoms with van der Waals surface area (Å²) >= 11 is 0. The molecule has 1 atom stereocenters. The molecule has 0 saturated heterocycles. The fourth-order valence-corrected chi connectivity index (χ4v) is 3.22. The van der Waals surface area contributed by atoms with Crippen molar-refractivity contribution >= 4 is 17.8 Å². The van der Waals surface area contributed by atoms with Crippen molar-refractivity contribution in [2.45, 2.75) is 33.7 Å². The maximum absolute atomic E-state index is 12.4. The first-order chi connectivity index (χ1) is 14.3. The second kappa shape index (κ2) is 8.89. The summed E-state index contributed by atoms with van der Waals surface area (Å²) in [5.74, 6) is -0.421. The summed E-state index contributed by atoms with van der Waals surface area (Å²) in [6, 6.07) is 5.07. The van der Waals surface area contributed by atoms with Gasteiger partial charge in [-0.3, -0.25) is 4.79 Å². The number of benzene rings is 1. The topological polar surface area (TPSA) is 116 Å². The first-order valence-electron chi connectivity index (χ1n) is 9.54. The van der Waals surface area contributed by atoms with Crippen LogP contribution in [0.5, 0.6) is 11.5 Å². The molecule has 0 saturated carbocycles. The molecule has 1 aliphatic rings. The lowest BCUT2D eigenvalue weighted by molar-refractivity contribution is -0.124. The minimum atomic E-state index is -0.725. The Kier molecular flexibility index (Phi) is 6.29. The molecule has 1 aliphatic heterocycles. The number of fused-ring (bicyclic) bond motifs is 1. The van der Waals surface area contributed by atoms with E-state index in [0.29, 0.717) is 28.3 Å². The molecule has 3 rings (SSSR count). The Morgan fingerprint density at radius 1 is 1.13 bits per heavy atom. The zero-order valence-corrected chi connectivity index (χ0v) is 17.3. The maximum Gasteiger partial charge on any atom is 0.355 e. The number of aromatic amines is 1. The van der Waals surface area contributed by atoms with E-state index in [9.17, 15) is 14.4 Å². The number of rotatable bonds is 7. The van der Waals surface area contributed by atoms with Gasteiger partial charge in [0.2, 0.25) is 6.79 Å². The van der Waals surface area contributed by atoms with E-state index < -0.39 is 24.5 Å². The van der Waals surface area contributed by atoms with E-state index >= 15 is 0 Å². The molecule has 9 heteroatoms. The standard InChI is InChI=1S/C21H24N2O7/c1-5-27-20(25)18-11(2)19(23-13(18)4)21(26)28-9-17(24)22-12(3)14-6-7-15-16(8-14)30-10-29-15/h6-8,12,23H,5,9-10H2,1-4H3,(H,22,24)/t12-/m0/s1. The predicted octanol–water partition coefficient (Wildman–Crippen LogP) is 2.57. The number of H-pyrrole nitrogens is 1. The summed E-state index contributed by atoms with van der Waals surface area (Å²) in [5, 5.41) is 2.76. The molecule has 9 nitrogen and oxygen atoms in total. The molecule has 0 unspecified atom stereocenters. The minimum Gasteiger partial charge on any atom is -0.462 e. The average molecular weight is 416 g/mol. The van der Waals surface area contributed by atoms with E-state index in [1.54, 1.807) is 39.8 Å². The van der Waals surface area contributed by atoms with Crippen molar-refractivity contribution in [3.63, 3.8) is 0 Å². The first-order valence-corrected chi connectivity index (χ1v) is 9.54. The number of ether oxygens (including phenoxy) is 4. The van der Waals surface area contributed by atoms with Crippen LogP contribution >= 0.6 is 0 Å². The van der Waals surface area contributed by atoms with Crippen molar-refractivity contribution in [2.75, 3.05) is 20.0 Å². The van der Waals surface area contributed by atoms with Gasteiger partial charge in [-0.15, -0.1) is 0 Å². The number of carbonyl (C=O) groups is 3. The van der Waals surface area contributed by atoms with Gasteiger partial charge in [0.25, 0.3) is 5.91 Å². The molecule has 1 amide bonds. The quantitative estimate of drug-likeness (QED) is 0.667. The van der Waals surface area contributed by atoms with Crippen LogP contribution in [0.15, 0.2) is 18.2 Å². The highest BCUT2D eigenvalue weighted by atomic mass is 16.7. The van der Waals surface area contributed by atoms with Gasteiger partial charge in [-0.1, -0.05) is 6.07 Å². The number of aromatic nitrogens is 1. The van der Waals surface area contributed by atoms with Gasteiger partial charge in [-0.05, 0) is 51.0 Å². The van der Waals surface area contributed by atoms with Crippen LogP contribution in [0.1, 0.15) is 57.6 Å². The number of amides is 1. The largest absolute Gasteiger partial charge is 0.462 e. The Hall–Kier alpha value is -3.49. The fraction of sp³-hybridized carbons (Fsp3) is 0.381. The smallest absolute Gasteiger partial charge is 0.355 e. The molecule has 0 spiro atoms. The summed E-state index contributed by atoms with van der Waals surface area (Å²) in [4.78, 5) is 39.5. The zero-order chi connectivity index (χ0) is 21.8. The molecule has 0 bridgehead atoms. The molecule has 30 heavy (non-hydrogen) atoms. The molecular formula is C21H24N2O7. The highest BCUT2D eigenvalue weighted by molar-refractivity contribution is 5.99. The third kappa shape index (κ3) is 4.40. The highest BCUT2D eigenvalue weighted by Gasteiger charge is 2.24. The van der Waals surface area contributed by atoms with Crippen LogP contribution in [-0.4, -0.2) is 42.8 Å². The lowest BCUT2D eigenvalue weighted by Gasteiger charge is -2.15. The van der Waals surface area contributed by atoms with E-state index in [-0.39, 0.29) is 25.1 Å². The summed E-state index contributed by atoms with van der Waals surface area (Å²) in [5.41, 5.74) is 2.16. The Morgan fingerprint density at radius 3 is 2.60 bits per heavy atom. The number of hydrogen-bond donors (Lipinski definition) is 2. The third-order valence-corrected chi connectivity index (χ3v) is 4.73. The van der Waals surface area contributed by atoms with E-state index in [1.807, 2.05) is 6.07 Å². The van der Waals surface area contributed by atoms with Crippen LogP contribution in [0.4, 0.5) is 0 Å².